The van der Waals surface area contributed by atoms with E-state index in [1.165, 1.54) is 6.08 Å². The van der Waals surface area contributed by atoms with Gasteiger partial charge in [0, 0.05) is 28.1 Å². The molecule has 1 aliphatic rings. The summed E-state index contributed by atoms with van der Waals surface area (Å²) >= 11 is 10.00. The first-order valence-electron chi connectivity index (χ1n) is 7.93. The maximum atomic E-state index is 11.5. The number of hydrogen-bond acceptors (Lipinski definition) is 4. The van der Waals surface area contributed by atoms with Gasteiger partial charge in [0.25, 0.3) is 0 Å². The standard InChI is InChI=1S/C17H18BrClN2O3/c1-2-23-16(22)7-6-11-13(19)9-14-12(17(11)18)10-20-21(14)15-5-3-4-8-24-15/h6-7,9-10,15H,2-5,8H2,1H3/b7-6+. The van der Waals surface area contributed by atoms with Gasteiger partial charge in [-0.05, 0) is 54.3 Å². The van der Waals surface area contributed by atoms with Crippen molar-refractivity contribution < 1.29 is 14.3 Å². The molecule has 1 aromatic carbocycles. The lowest BCUT2D eigenvalue weighted by atomic mass is 10.1. The minimum absolute atomic E-state index is 0.0554. The van der Waals surface area contributed by atoms with Gasteiger partial charge in [0.1, 0.15) is 0 Å². The average molecular weight is 414 g/mol. The minimum Gasteiger partial charge on any atom is -0.463 e. The van der Waals surface area contributed by atoms with Crippen LogP contribution in [0.25, 0.3) is 17.0 Å². The first-order chi connectivity index (χ1) is 11.6. The largest absolute Gasteiger partial charge is 0.463 e. The second-order valence-corrected chi connectivity index (χ2v) is 6.71. The number of carbonyl (C=O) groups is 1. The van der Waals surface area contributed by atoms with E-state index in [1.54, 1.807) is 19.2 Å². The molecule has 1 saturated heterocycles. The van der Waals surface area contributed by atoms with Crippen LogP contribution in [0.3, 0.4) is 0 Å². The molecule has 1 fully saturated rings. The molecule has 1 atom stereocenters. The summed E-state index contributed by atoms with van der Waals surface area (Å²) in [5, 5.41) is 5.94. The molecule has 2 aromatic rings. The Balaban J connectivity index is 1.97. The quantitative estimate of drug-likeness (QED) is 0.537. The van der Waals surface area contributed by atoms with Crippen LogP contribution < -0.4 is 0 Å². The lowest BCUT2D eigenvalue weighted by Crippen LogP contribution is -2.18. The van der Waals surface area contributed by atoms with Crippen LogP contribution in [0.1, 0.15) is 38.0 Å². The first kappa shape index (κ1) is 17.5. The van der Waals surface area contributed by atoms with E-state index in [-0.39, 0.29) is 6.23 Å². The lowest BCUT2D eigenvalue weighted by Gasteiger charge is -2.23. The first-order valence-corrected chi connectivity index (χ1v) is 9.10. The Labute approximate surface area is 153 Å². The van der Waals surface area contributed by atoms with E-state index in [9.17, 15) is 4.79 Å². The Morgan fingerprint density at radius 2 is 2.42 bits per heavy atom. The number of fused-ring (bicyclic) bond motifs is 1. The van der Waals surface area contributed by atoms with Gasteiger partial charge in [-0.3, -0.25) is 0 Å². The molecule has 0 aliphatic carbocycles. The van der Waals surface area contributed by atoms with E-state index < -0.39 is 5.97 Å². The number of benzene rings is 1. The van der Waals surface area contributed by atoms with Crippen LogP contribution in [-0.2, 0) is 14.3 Å². The van der Waals surface area contributed by atoms with Crippen molar-refractivity contribution in [3.63, 3.8) is 0 Å². The highest BCUT2D eigenvalue weighted by Crippen LogP contribution is 2.36. The summed E-state index contributed by atoms with van der Waals surface area (Å²) in [6.45, 7) is 2.86. The Hall–Kier alpha value is -1.37. The normalized spacial score (nSPS) is 18.4. The topological polar surface area (TPSA) is 53.3 Å². The summed E-state index contributed by atoms with van der Waals surface area (Å²) in [4.78, 5) is 11.5. The molecule has 128 valence electrons. The molecular formula is C17H18BrClN2O3. The second-order valence-electron chi connectivity index (χ2n) is 5.51. The van der Waals surface area contributed by atoms with Crippen molar-refractivity contribution in [1.82, 2.24) is 9.78 Å². The molecule has 0 N–H and O–H groups in total. The molecular weight excluding hydrogens is 396 g/mol. The zero-order valence-electron chi connectivity index (χ0n) is 13.3. The summed E-state index contributed by atoms with van der Waals surface area (Å²) in [6, 6.07) is 1.86. The Morgan fingerprint density at radius 3 is 3.12 bits per heavy atom. The van der Waals surface area contributed by atoms with Crippen LogP contribution in [0, 0.1) is 0 Å². The SMILES string of the molecule is CCOC(=O)/C=C/c1c(Cl)cc2c(cnn2C2CCCCO2)c1Br. The van der Waals surface area contributed by atoms with Crippen LogP contribution in [0.15, 0.2) is 22.8 Å². The third kappa shape index (κ3) is 3.50. The van der Waals surface area contributed by atoms with Gasteiger partial charge < -0.3 is 9.47 Å². The van der Waals surface area contributed by atoms with Gasteiger partial charge in [-0.1, -0.05) is 11.6 Å². The summed E-state index contributed by atoms with van der Waals surface area (Å²) in [6.07, 6.45) is 7.91. The third-order valence-electron chi connectivity index (χ3n) is 3.93. The number of nitrogens with zero attached hydrogens (tertiary/aromatic N) is 2. The van der Waals surface area contributed by atoms with E-state index in [1.807, 2.05) is 10.7 Å². The van der Waals surface area contributed by atoms with Crippen LogP contribution >= 0.6 is 27.5 Å². The maximum Gasteiger partial charge on any atom is 0.330 e. The van der Waals surface area contributed by atoms with Gasteiger partial charge in [0.15, 0.2) is 6.23 Å². The van der Waals surface area contributed by atoms with Gasteiger partial charge in [-0.15, -0.1) is 0 Å². The molecule has 0 spiro atoms. The Morgan fingerprint density at radius 1 is 1.58 bits per heavy atom. The van der Waals surface area contributed by atoms with Gasteiger partial charge in [-0.25, -0.2) is 9.48 Å². The lowest BCUT2D eigenvalue weighted by molar-refractivity contribution is -0.137. The molecule has 0 bridgehead atoms. The zero-order valence-corrected chi connectivity index (χ0v) is 15.6. The number of halogens is 2. The zero-order chi connectivity index (χ0) is 17.1. The summed E-state index contributed by atoms with van der Waals surface area (Å²) in [5.41, 5.74) is 1.63. The fourth-order valence-electron chi connectivity index (χ4n) is 2.77. The van der Waals surface area contributed by atoms with Gasteiger partial charge >= 0.3 is 5.97 Å². The average Bonchev–Trinajstić information content (AvgIpc) is 2.99. The molecule has 7 heteroatoms. The monoisotopic (exact) mass is 412 g/mol. The van der Waals surface area contributed by atoms with E-state index >= 15 is 0 Å². The number of rotatable bonds is 4. The second kappa shape index (κ2) is 7.68. The molecule has 0 amide bonds. The fraction of sp³-hybridized carbons (Fsp3) is 0.412. The number of esters is 1. The van der Waals surface area contributed by atoms with Crippen molar-refractivity contribution in [3.05, 3.63) is 33.4 Å². The molecule has 2 heterocycles. The molecule has 1 aromatic heterocycles. The molecule has 0 radical (unpaired) electrons. The van der Waals surface area contributed by atoms with Crippen molar-refractivity contribution in [3.8, 4) is 0 Å². The summed E-state index contributed by atoms with van der Waals surface area (Å²) in [7, 11) is 0. The number of hydrogen-bond donors (Lipinski definition) is 0. The Bertz CT molecular complexity index is 782. The van der Waals surface area contributed by atoms with Crippen LogP contribution in [0.5, 0.6) is 0 Å². The van der Waals surface area contributed by atoms with Gasteiger partial charge in [0.2, 0.25) is 0 Å². The minimum atomic E-state index is -0.396. The third-order valence-corrected chi connectivity index (χ3v) is 5.10. The van der Waals surface area contributed by atoms with Crippen LogP contribution in [0.4, 0.5) is 0 Å². The van der Waals surface area contributed by atoms with Crippen molar-refractivity contribution in [2.75, 3.05) is 13.2 Å². The van der Waals surface area contributed by atoms with Gasteiger partial charge in [-0.2, -0.15) is 5.10 Å². The predicted octanol–water partition coefficient (Wildman–Crippen LogP) is 4.73. The fourth-order valence-corrected chi connectivity index (χ4v) is 3.80. The van der Waals surface area contributed by atoms with Gasteiger partial charge in [0.05, 0.1) is 23.3 Å². The van der Waals surface area contributed by atoms with E-state index in [0.29, 0.717) is 11.6 Å². The molecule has 1 aliphatic heterocycles. The molecule has 1 unspecified atom stereocenters. The highest BCUT2D eigenvalue weighted by Gasteiger charge is 2.20. The summed E-state index contributed by atoms with van der Waals surface area (Å²) in [5.74, 6) is -0.396. The molecule has 0 saturated carbocycles. The highest BCUT2D eigenvalue weighted by molar-refractivity contribution is 9.10. The smallest absolute Gasteiger partial charge is 0.330 e. The van der Waals surface area contributed by atoms with Crippen LogP contribution in [-0.4, -0.2) is 29.0 Å². The van der Waals surface area contributed by atoms with E-state index in [0.717, 1.165) is 46.8 Å². The molecule has 5 nitrogen and oxygen atoms in total. The number of ether oxygens (including phenoxy) is 2. The Kier molecular flexibility index (Phi) is 5.58. The number of carbonyl (C=O) groups excluding carboxylic acids is 1. The van der Waals surface area contributed by atoms with Crippen molar-refractivity contribution in [2.45, 2.75) is 32.4 Å². The maximum absolute atomic E-state index is 11.5. The van der Waals surface area contributed by atoms with Crippen molar-refractivity contribution in [2.24, 2.45) is 0 Å². The number of aromatic nitrogens is 2. The van der Waals surface area contributed by atoms with Crippen molar-refractivity contribution in [1.29, 1.82) is 0 Å². The van der Waals surface area contributed by atoms with E-state index in [2.05, 4.69) is 21.0 Å². The van der Waals surface area contributed by atoms with E-state index in [4.69, 9.17) is 21.1 Å². The van der Waals surface area contributed by atoms with Crippen molar-refractivity contribution >= 4 is 50.5 Å². The van der Waals surface area contributed by atoms with Crippen LogP contribution in [0.2, 0.25) is 5.02 Å². The molecule has 3 rings (SSSR count). The summed E-state index contributed by atoms with van der Waals surface area (Å²) < 4.78 is 13.4. The predicted molar refractivity (Wildman–Crippen MR) is 97.0 cm³/mol. The highest BCUT2D eigenvalue weighted by atomic mass is 79.9. The molecule has 24 heavy (non-hydrogen) atoms.